The fourth-order valence-electron chi connectivity index (χ4n) is 1.23. The molecular formula is C11H10ClNS. The van der Waals surface area contributed by atoms with Crippen LogP contribution in [0, 0.1) is 0 Å². The number of rotatable bonds is 2. The van der Waals surface area contributed by atoms with E-state index in [2.05, 4.69) is 17.4 Å². The van der Waals surface area contributed by atoms with Gasteiger partial charge in [0.25, 0.3) is 0 Å². The summed E-state index contributed by atoms with van der Waals surface area (Å²) in [5, 5.41) is 0.772. The Morgan fingerprint density at radius 2 is 2.00 bits per heavy atom. The predicted molar refractivity (Wildman–Crippen MR) is 61.9 cm³/mol. The second kappa shape index (κ2) is 4.11. The average Bonchev–Trinajstić information content (AvgIpc) is 2.67. The fraction of sp³-hybridized carbons (Fsp3) is 0.182. The molecule has 1 aromatic carbocycles. The summed E-state index contributed by atoms with van der Waals surface area (Å²) in [6.45, 7) is 2.11. The van der Waals surface area contributed by atoms with E-state index >= 15 is 0 Å². The lowest BCUT2D eigenvalue weighted by molar-refractivity contribution is 1.09. The third-order valence-corrected chi connectivity index (χ3v) is 3.18. The smallest absolute Gasteiger partial charge is 0.0552 e. The summed E-state index contributed by atoms with van der Waals surface area (Å²) in [6.07, 6.45) is 0.990. The van der Waals surface area contributed by atoms with Gasteiger partial charge in [0.1, 0.15) is 0 Å². The van der Waals surface area contributed by atoms with Crippen LogP contribution in [0.5, 0.6) is 0 Å². The minimum Gasteiger partial charge on any atom is -0.197 e. The minimum absolute atomic E-state index is 0.772. The molecule has 0 aliphatic rings. The van der Waals surface area contributed by atoms with Gasteiger partial charge in [-0.3, -0.25) is 0 Å². The Hall–Kier alpha value is -0.860. The van der Waals surface area contributed by atoms with Crippen molar-refractivity contribution >= 4 is 23.1 Å². The normalized spacial score (nSPS) is 10.4. The standard InChI is InChI=1S/C11H10ClNS/c1-2-10-7-11(14-13-10)8-3-5-9(12)6-4-8/h3-7H,2H2,1H3. The lowest BCUT2D eigenvalue weighted by Gasteiger charge is -1.95. The summed E-state index contributed by atoms with van der Waals surface area (Å²) in [5.41, 5.74) is 2.34. The molecule has 0 atom stereocenters. The summed E-state index contributed by atoms with van der Waals surface area (Å²) >= 11 is 7.36. The molecule has 0 radical (unpaired) electrons. The second-order valence-electron chi connectivity index (χ2n) is 3.04. The van der Waals surface area contributed by atoms with Crippen molar-refractivity contribution in [2.75, 3.05) is 0 Å². The predicted octanol–water partition coefficient (Wildman–Crippen LogP) is 4.03. The van der Waals surface area contributed by atoms with Gasteiger partial charge >= 0.3 is 0 Å². The molecule has 1 aromatic heterocycles. The Morgan fingerprint density at radius 3 is 2.57 bits per heavy atom. The van der Waals surface area contributed by atoms with E-state index in [4.69, 9.17) is 11.6 Å². The number of hydrogen-bond donors (Lipinski definition) is 0. The van der Waals surface area contributed by atoms with E-state index in [0.29, 0.717) is 0 Å². The maximum absolute atomic E-state index is 5.82. The minimum atomic E-state index is 0.772. The van der Waals surface area contributed by atoms with Crippen LogP contribution in [0.25, 0.3) is 10.4 Å². The van der Waals surface area contributed by atoms with Crippen LogP contribution in [0.15, 0.2) is 30.3 Å². The molecule has 0 saturated carbocycles. The molecular weight excluding hydrogens is 214 g/mol. The highest BCUT2D eigenvalue weighted by Gasteiger charge is 2.02. The van der Waals surface area contributed by atoms with Crippen LogP contribution in [0.4, 0.5) is 0 Å². The number of halogens is 1. The van der Waals surface area contributed by atoms with Gasteiger partial charge in [-0.25, -0.2) is 0 Å². The van der Waals surface area contributed by atoms with Crippen molar-refractivity contribution in [3.63, 3.8) is 0 Å². The zero-order chi connectivity index (χ0) is 9.97. The van der Waals surface area contributed by atoms with Crippen molar-refractivity contribution in [1.82, 2.24) is 4.37 Å². The Labute approximate surface area is 92.5 Å². The maximum Gasteiger partial charge on any atom is 0.0552 e. The number of nitrogens with zero attached hydrogens (tertiary/aromatic N) is 1. The second-order valence-corrected chi connectivity index (χ2v) is 4.28. The van der Waals surface area contributed by atoms with Gasteiger partial charge in [0.2, 0.25) is 0 Å². The Bertz CT molecular complexity index is 419. The summed E-state index contributed by atoms with van der Waals surface area (Å²) in [6, 6.07) is 9.99. The molecule has 1 nitrogen and oxygen atoms in total. The van der Waals surface area contributed by atoms with Gasteiger partial charge in [-0.1, -0.05) is 30.7 Å². The molecule has 0 aliphatic heterocycles. The van der Waals surface area contributed by atoms with Crippen LogP contribution in [-0.4, -0.2) is 4.37 Å². The first-order chi connectivity index (χ1) is 6.79. The van der Waals surface area contributed by atoms with E-state index in [1.807, 2.05) is 24.3 Å². The van der Waals surface area contributed by atoms with Crippen molar-refractivity contribution in [3.05, 3.63) is 41.0 Å². The quantitative estimate of drug-likeness (QED) is 0.749. The molecule has 0 amide bonds. The molecule has 0 aliphatic carbocycles. The number of hydrogen-bond acceptors (Lipinski definition) is 2. The molecule has 0 unspecified atom stereocenters. The molecule has 2 rings (SSSR count). The largest absolute Gasteiger partial charge is 0.197 e. The van der Waals surface area contributed by atoms with Gasteiger partial charge in [-0.05, 0) is 41.7 Å². The van der Waals surface area contributed by atoms with Crippen molar-refractivity contribution in [2.45, 2.75) is 13.3 Å². The van der Waals surface area contributed by atoms with Crippen LogP contribution in [-0.2, 0) is 6.42 Å². The zero-order valence-corrected chi connectivity index (χ0v) is 9.40. The SMILES string of the molecule is CCc1cc(-c2ccc(Cl)cc2)sn1. The van der Waals surface area contributed by atoms with E-state index in [0.717, 1.165) is 17.1 Å². The summed E-state index contributed by atoms with van der Waals surface area (Å²) in [5.74, 6) is 0. The molecule has 1 heterocycles. The van der Waals surface area contributed by atoms with Gasteiger partial charge in [-0.2, -0.15) is 4.37 Å². The molecule has 0 bridgehead atoms. The van der Waals surface area contributed by atoms with Gasteiger partial charge in [-0.15, -0.1) is 0 Å². The third kappa shape index (κ3) is 1.97. The van der Waals surface area contributed by atoms with E-state index in [-0.39, 0.29) is 0 Å². The fourth-order valence-corrected chi connectivity index (χ4v) is 2.18. The number of aryl methyl sites for hydroxylation is 1. The zero-order valence-electron chi connectivity index (χ0n) is 7.83. The Kier molecular flexibility index (Phi) is 2.85. The van der Waals surface area contributed by atoms with Crippen LogP contribution >= 0.6 is 23.1 Å². The molecule has 2 aromatic rings. The highest BCUT2D eigenvalue weighted by molar-refractivity contribution is 7.09. The monoisotopic (exact) mass is 223 g/mol. The molecule has 0 saturated heterocycles. The molecule has 14 heavy (non-hydrogen) atoms. The van der Waals surface area contributed by atoms with Crippen molar-refractivity contribution in [2.24, 2.45) is 0 Å². The van der Waals surface area contributed by atoms with Gasteiger partial charge in [0.05, 0.1) is 10.6 Å². The van der Waals surface area contributed by atoms with Crippen LogP contribution in [0.3, 0.4) is 0 Å². The van der Waals surface area contributed by atoms with Crippen molar-refractivity contribution in [3.8, 4) is 10.4 Å². The number of aromatic nitrogens is 1. The van der Waals surface area contributed by atoms with Gasteiger partial charge in [0, 0.05) is 5.02 Å². The average molecular weight is 224 g/mol. The summed E-state index contributed by atoms with van der Waals surface area (Å²) in [7, 11) is 0. The van der Waals surface area contributed by atoms with Crippen molar-refractivity contribution in [1.29, 1.82) is 0 Å². The Balaban J connectivity index is 2.34. The van der Waals surface area contributed by atoms with E-state index in [1.54, 1.807) is 0 Å². The first-order valence-corrected chi connectivity index (χ1v) is 5.66. The summed E-state index contributed by atoms with van der Waals surface area (Å²) in [4.78, 5) is 1.21. The van der Waals surface area contributed by atoms with Gasteiger partial charge < -0.3 is 0 Å². The van der Waals surface area contributed by atoms with E-state index in [9.17, 15) is 0 Å². The lowest BCUT2D eigenvalue weighted by atomic mass is 10.2. The topological polar surface area (TPSA) is 12.9 Å². The summed E-state index contributed by atoms with van der Waals surface area (Å²) < 4.78 is 4.34. The molecule has 0 fully saturated rings. The molecule has 72 valence electrons. The maximum atomic E-state index is 5.82. The first kappa shape index (κ1) is 9.69. The highest BCUT2D eigenvalue weighted by atomic mass is 35.5. The van der Waals surface area contributed by atoms with E-state index in [1.165, 1.54) is 22.0 Å². The highest BCUT2D eigenvalue weighted by Crippen LogP contribution is 2.26. The van der Waals surface area contributed by atoms with Crippen LogP contribution in [0.1, 0.15) is 12.6 Å². The molecule has 0 N–H and O–H groups in total. The first-order valence-electron chi connectivity index (χ1n) is 4.51. The molecule has 0 spiro atoms. The van der Waals surface area contributed by atoms with Crippen LogP contribution in [0.2, 0.25) is 5.02 Å². The number of benzene rings is 1. The third-order valence-electron chi connectivity index (χ3n) is 2.05. The van der Waals surface area contributed by atoms with Crippen molar-refractivity contribution < 1.29 is 0 Å². The van der Waals surface area contributed by atoms with E-state index < -0.39 is 0 Å². The Morgan fingerprint density at radius 1 is 1.29 bits per heavy atom. The van der Waals surface area contributed by atoms with Crippen LogP contribution < -0.4 is 0 Å². The molecule has 3 heteroatoms. The lowest BCUT2D eigenvalue weighted by Crippen LogP contribution is -1.74. The van der Waals surface area contributed by atoms with Gasteiger partial charge in [0.15, 0.2) is 0 Å².